The Morgan fingerprint density at radius 1 is 1.26 bits per heavy atom. The number of hydrogen-bond acceptors (Lipinski definition) is 2. The first-order chi connectivity index (χ1) is 10.9. The molecule has 0 aromatic heterocycles. The van der Waals surface area contributed by atoms with E-state index in [0.29, 0.717) is 0 Å². The van der Waals surface area contributed by atoms with E-state index in [1.54, 1.807) is 11.1 Å². The number of hydrogen-bond donors (Lipinski definition) is 2. The molecule has 2 fully saturated rings. The molecule has 1 saturated heterocycles. The van der Waals surface area contributed by atoms with Crippen LogP contribution in [0.1, 0.15) is 29.9 Å². The maximum atomic E-state index is 4.37. The minimum Gasteiger partial charge on any atom is -0.356 e. The lowest BCUT2D eigenvalue weighted by Crippen LogP contribution is -2.41. The molecule has 1 aliphatic heterocycles. The van der Waals surface area contributed by atoms with Crippen molar-refractivity contribution in [3.05, 3.63) is 35.4 Å². The van der Waals surface area contributed by atoms with Gasteiger partial charge in [0.2, 0.25) is 0 Å². The summed E-state index contributed by atoms with van der Waals surface area (Å²) in [7, 11) is 1.88. The van der Waals surface area contributed by atoms with E-state index in [4.69, 9.17) is 0 Å². The second-order valence-corrected chi connectivity index (χ2v) is 8.13. The van der Waals surface area contributed by atoms with Gasteiger partial charge < -0.3 is 10.6 Å². The van der Waals surface area contributed by atoms with Gasteiger partial charge in [-0.05, 0) is 53.9 Å². The monoisotopic (exact) mass is 443 g/mol. The molecule has 23 heavy (non-hydrogen) atoms. The number of nitrogens with zero attached hydrogens (tertiary/aromatic N) is 1. The number of nitrogens with one attached hydrogen (secondary N) is 2. The molecular weight excluding hydrogens is 417 g/mol. The van der Waals surface area contributed by atoms with Crippen LogP contribution in [0.15, 0.2) is 29.3 Å². The second-order valence-electron chi connectivity index (χ2n) is 6.73. The van der Waals surface area contributed by atoms with Crippen molar-refractivity contribution in [3.63, 3.8) is 0 Å². The number of guanidine groups is 1. The molecule has 4 rings (SSSR count). The third kappa shape index (κ3) is 3.65. The molecule has 2 aliphatic carbocycles. The molecule has 0 spiro atoms. The molecule has 2 N–H and O–H groups in total. The van der Waals surface area contributed by atoms with Crippen molar-refractivity contribution >= 4 is 41.7 Å². The van der Waals surface area contributed by atoms with Gasteiger partial charge in [0.1, 0.15) is 0 Å². The lowest BCUT2D eigenvalue weighted by atomic mass is 10.0. The zero-order valence-electron chi connectivity index (χ0n) is 13.6. The average Bonchev–Trinajstić information content (AvgIpc) is 2.95. The molecule has 1 heterocycles. The number of benzene rings is 1. The van der Waals surface area contributed by atoms with Gasteiger partial charge in [-0.3, -0.25) is 4.99 Å². The molecule has 0 amide bonds. The van der Waals surface area contributed by atoms with Gasteiger partial charge in [-0.25, -0.2) is 0 Å². The van der Waals surface area contributed by atoms with Crippen LogP contribution in [0.5, 0.6) is 0 Å². The number of halogens is 1. The lowest BCUT2D eigenvalue weighted by Gasteiger charge is -2.15. The van der Waals surface area contributed by atoms with Crippen molar-refractivity contribution < 1.29 is 0 Å². The van der Waals surface area contributed by atoms with Crippen LogP contribution in [-0.2, 0) is 6.42 Å². The highest BCUT2D eigenvalue weighted by molar-refractivity contribution is 14.0. The molecule has 3 aliphatic rings. The van der Waals surface area contributed by atoms with Crippen LogP contribution < -0.4 is 10.6 Å². The van der Waals surface area contributed by atoms with E-state index < -0.39 is 0 Å². The maximum Gasteiger partial charge on any atom is 0.191 e. The summed E-state index contributed by atoms with van der Waals surface area (Å²) in [6.07, 6.45) is 3.99. The van der Waals surface area contributed by atoms with Crippen molar-refractivity contribution in [1.29, 1.82) is 0 Å². The predicted octanol–water partition coefficient (Wildman–Crippen LogP) is 3.25. The van der Waals surface area contributed by atoms with Crippen molar-refractivity contribution in [2.24, 2.45) is 16.8 Å². The van der Waals surface area contributed by atoms with Gasteiger partial charge in [-0.1, -0.05) is 24.3 Å². The zero-order valence-corrected chi connectivity index (χ0v) is 16.8. The van der Waals surface area contributed by atoms with Crippen LogP contribution in [-0.4, -0.2) is 37.1 Å². The highest BCUT2D eigenvalue weighted by Gasteiger charge is 2.54. The third-order valence-corrected chi connectivity index (χ3v) is 6.85. The molecule has 0 bridgehead atoms. The Morgan fingerprint density at radius 3 is 2.87 bits per heavy atom. The Labute approximate surface area is 160 Å². The van der Waals surface area contributed by atoms with E-state index in [2.05, 4.69) is 51.7 Å². The van der Waals surface area contributed by atoms with E-state index >= 15 is 0 Å². The summed E-state index contributed by atoms with van der Waals surface area (Å²) in [4.78, 5) is 4.37. The van der Waals surface area contributed by atoms with Gasteiger partial charge in [0.15, 0.2) is 5.96 Å². The minimum absolute atomic E-state index is 0. The fraction of sp³-hybridized carbons (Fsp3) is 0.611. The van der Waals surface area contributed by atoms with E-state index in [9.17, 15) is 0 Å². The number of fused-ring (bicyclic) bond motifs is 3. The fourth-order valence-corrected chi connectivity index (χ4v) is 5.41. The summed E-state index contributed by atoms with van der Waals surface area (Å²) in [5.74, 6) is 4.77. The molecule has 4 unspecified atom stereocenters. The Hall–Kier alpha value is -0.430. The molecule has 5 heteroatoms. The molecule has 3 nitrogen and oxygen atoms in total. The van der Waals surface area contributed by atoms with E-state index in [-0.39, 0.29) is 24.0 Å². The molecule has 0 radical (unpaired) electrons. The van der Waals surface area contributed by atoms with Gasteiger partial charge >= 0.3 is 0 Å². The van der Waals surface area contributed by atoms with E-state index in [0.717, 1.165) is 42.1 Å². The summed E-state index contributed by atoms with van der Waals surface area (Å²) in [6, 6.07) is 8.98. The average molecular weight is 443 g/mol. The van der Waals surface area contributed by atoms with Crippen LogP contribution in [0, 0.1) is 11.8 Å². The summed E-state index contributed by atoms with van der Waals surface area (Å²) in [5.41, 5.74) is 3.18. The molecule has 126 valence electrons. The van der Waals surface area contributed by atoms with Crippen LogP contribution >= 0.6 is 35.7 Å². The minimum atomic E-state index is 0. The first-order valence-electron chi connectivity index (χ1n) is 8.50. The van der Waals surface area contributed by atoms with Gasteiger partial charge in [0.05, 0.1) is 0 Å². The van der Waals surface area contributed by atoms with Gasteiger partial charge in [-0.15, -0.1) is 24.0 Å². The highest BCUT2D eigenvalue weighted by atomic mass is 127. The van der Waals surface area contributed by atoms with Crippen LogP contribution in [0.3, 0.4) is 0 Å². The number of aliphatic imine (C=N–C) groups is 1. The first kappa shape index (κ1) is 17.4. The Morgan fingerprint density at radius 2 is 2.09 bits per heavy atom. The Balaban J connectivity index is 0.00000156. The zero-order chi connectivity index (χ0) is 14.9. The third-order valence-electron chi connectivity index (χ3n) is 5.45. The number of rotatable bonds is 4. The Kier molecular flexibility index (Phi) is 5.78. The van der Waals surface area contributed by atoms with Gasteiger partial charge in [0.25, 0.3) is 0 Å². The fourth-order valence-electron chi connectivity index (χ4n) is 4.21. The summed E-state index contributed by atoms with van der Waals surface area (Å²) < 4.78 is 0. The maximum absolute atomic E-state index is 4.37. The predicted molar refractivity (Wildman–Crippen MR) is 110 cm³/mol. The van der Waals surface area contributed by atoms with Crippen LogP contribution in [0.2, 0.25) is 0 Å². The van der Waals surface area contributed by atoms with Crippen molar-refractivity contribution in [2.75, 3.05) is 25.9 Å². The van der Waals surface area contributed by atoms with E-state index in [1.807, 2.05) is 7.05 Å². The normalized spacial score (nSPS) is 31.1. The standard InChI is InChI=1S/C18H25N3S.HI/c1-19-18(20-10-13-6-4-8-22-13)21-11-16-15-9-12-5-2-3-7-14(12)17(15)16;/h2-3,5,7,13,15-17H,4,6,8-11H2,1H3,(H2,19,20,21);1H. The lowest BCUT2D eigenvalue weighted by molar-refractivity contribution is 0.649. The molecule has 1 aromatic carbocycles. The SMILES string of the molecule is CN=C(NCC1CCCS1)NCC1C2Cc3ccccc3C12.I. The van der Waals surface area contributed by atoms with Crippen molar-refractivity contribution in [1.82, 2.24) is 10.6 Å². The summed E-state index contributed by atoms with van der Waals surface area (Å²) >= 11 is 2.09. The van der Waals surface area contributed by atoms with Crippen molar-refractivity contribution in [2.45, 2.75) is 30.4 Å². The molecule has 4 atom stereocenters. The second kappa shape index (κ2) is 7.64. The first-order valence-corrected chi connectivity index (χ1v) is 9.55. The highest BCUT2D eigenvalue weighted by Crippen LogP contribution is 2.60. The van der Waals surface area contributed by atoms with E-state index in [1.165, 1.54) is 25.0 Å². The molecule has 1 aromatic rings. The number of thioether (sulfide) groups is 1. The molecular formula is C18H26IN3S. The van der Waals surface area contributed by atoms with Gasteiger partial charge in [0, 0.05) is 25.4 Å². The smallest absolute Gasteiger partial charge is 0.191 e. The topological polar surface area (TPSA) is 36.4 Å². The van der Waals surface area contributed by atoms with Crippen LogP contribution in [0.4, 0.5) is 0 Å². The Bertz CT molecular complexity index is 571. The quantitative estimate of drug-likeness (QED) is 0.426. The molecule has 1 saturated carbocycles. The van der Waals surface area contributed by atoms with Crippen LogP contribution in [0.25, 0.3) is 0 Å². The van der Waals surface area contributed by atoms with Gasteiger partial charge in [-0.2, -0.15) is 11.8 Å². The van der Waals surface area contributed by atoms with Crippen molar-refractivity contribution in [3.8, 4) is 0 Å². The summed E-state index contributed by atoms with van der Waals surface area (Å²) in [5, 5.41) is 7.81. The largest absolute Gasteiger partial charge is 0.356 e. The summed E-state index contributed by atoms with van der Waals surface area (Å²) in [6.45, 7) is 2.10.